The van der Waals surface area contributed by atoms with E-state index in [-0.39, 0.29) is 11.4 Å². The van der Waals surface area contributed by atoms with Crippen molar-refractivity contribution < 1.29 is 9.53 Å². The highest BCUT2D eigenvalue weighted by molar-refractivity contribution is 5.70. The highest BCUT2D eigenvalue weighted by atomic mass is 16.5. The first-order chi connectivity index (χ1) is 8.58. The largest absolute Gasteiger partial charge is 0.469 e. The van der Waals surface area contributed by atoms with Crippen LogP contribution in [0.5, 0.6) is 0 Å². The normalized spacial score (nSPS) is 14.2. The Morgan fingerprint density at radius 2 is 1.50 bits per heavy atom. The highest BCUT2D eigenvalue weighted by Gasteiger charge is 2.26. The first-order valence-corrected chi connectivity index (χ1v) is 7.64. The fraction of sp³-hybridized carbons (Fsp3) is 0.938. The van der Waals surface area contributed by atoms with Gasteiger partial charge in [0.05, 0.1) is 13.5 Å². The second-order valence-corrected chi connectivity index (χ2v) is 5.83. The average Bonchev–Trinajstić information content (AvgIpc) is 2.36. The lowest BCUT2D eigenvalue weighted by Crippen LogP contribution is -2.22. The number of carbonyl (C=O) groups excluding carboxylic acids is 1. The van der Waals surface area contributed by atoms with Gasteiger partial charge < -0.3 is 4.74 Å². The van der Waals surface area contributed by atoms with Crippen LogP contribution in [0.1, 0.15) is 85.0 Å². The summed E-state index contributed by atoms with van der Waals surface area (Å²) in [6, 6.07) is 0. The standard InChI is InChI=1S/C16H32O2/c1-5-7-9-10-11-13-16(3,12-8-6-2)14-15(17)18-4/h5-14H2,1-4H3. The maximum absolute atomic E-state index is 11.5. The molecule has 0 aliphatic rings. The van der Waals surface area contributed by atoms with Gasteiger partial charge in [0, 0.05) is 0 Å². The number of methoxy groups -OCH3 is 1. The van der Waals surface area contributed by atoms with Crippen LogP contribution in [-0.2, 0) is 9.53 Å². The molecular weight excluding hydrogens is 224 g/mol. The summed E-state index contributed by atoms with van der Waals surface area (Å²) >= 11 is 0. The van der Waals surface area contributed by atoms with Crippen molar-refractivity contribution in [2.75, 3.05) is 7.11 Å². The van der Waals surface area contributed by atoms with Gasteiger partial charge in [0.15, 0.2) is 0 Å². The number of hydrogen-bond acceptors (Lipinski definition) is 2. The van der Waals surface area contributed by atoms with E-state index in [4.69, 9.17) is 4.74 Å². The molecule has 0 aliphatic heterocycles. The summed E-state index contributed by atoms with van der Waals surface area (Å²) < 4.78 is 4.83. The summed E-state index contributed by atoms with van der Waals surface area (Å²) in [6.45, 7) is 6.70. The second-order valence-electron chi connectivity index (χ2n) is 5.83. The van der Waals surface area contributed by atoms with E-state index >= 15 is 0 Å². The van der Waals surface area contributed by atoms with E-state index in [1.165, 1.54) is 52.1 Å². The number of ether oxygens (including phenoxy) is 1. The Bertz CT molecular complexity index is 213. The summed E-state index contributed by atoms with van der Waals surface area (Å²) in [5.74, 6) is -0.0536. The van der Waals surface area contributed by atoms with E-state index in [0.29, 0.717) is 6.42 Å². The number of unbranched alkanes of at least 4 members (excludes halogenated alkanes) is 5. The van der Waals surface area contributed by atoms with Crippen molar-refractivity contribution in [2.24, 2.45) is 5.41 Å². The van der Waals surface area contributed by atoms with Crippen LogP contribution in [-0.4, -0.2) is 13.1 Å². The van der Waals surface area contributed by atoms with Crippen molar-refractivity contribution in [1.82, 2.24) is 0 Å². The lowest BCUT2D eigenvalue weighted by atomic mass is 9.77. The summed E-state index contributed by atoms with van der Waals surface area (Å²) in [7, 11) is 1.49. The molecule has 0 heterocycles. The minimum Gasteiger partial charge on any atom is -0.469 e. The topological polar surface area (TPSA) is 26.3 Å². The van der Waals surface area contributed by atoms with Gasteiger partial charge in [-0.2, -0.15) is 0 Å². The first kappa shape index (κ1) is 17.5. The molecule has 18 heavy (non-hydrogen) atoms. The van der Waals surface area contributed by atoms with Crippen LogP contribution in [0.25, 0.3) is 0 Å². The third-order valence-electron chi connectivity index (χ3n) is 3.82. The molecule has 0 N–H and O–H groups in total. The van der Waals surface area contributed by atoms with Crippen LogP contribution in [0, 0.1) is 5.41 Å². The van der Waals surface area contributed by atoms with Crippen molar-refractivity contribution >= 4 is 5.97 Å². The Morgan fingerprint density at radius 1 is 0.944 bits per heavy atom. The molecule has 1 unspecified atom stereocenters. The molecule has 0 aromatic heterocycles. The summed E-state index contributed by atoms with van der Waals surface area (Å²) in [6.07, 6.45) is 11.8. The molecule has 0 rings (SSSR count). The fourth-order valence-corrected chi connectivity index (χ4v) is 2.48. The minimum atomic E-state index is -0.0536. The lowest BCUT2D eigenvalue weighted by Gasteiger charge is -2.28. The maximum atomic E-state index is 11.5. The van der Waals surface area contributed by atoms with Crippen molar-refractivity contribution in [2.45, 2.75) is 85.0 Å². The molecule has 0 bridgehead atoms. The van der Waals surface area contributed by atoms with Gasteiger partial charge in [0.25, 0.3) is 0 Å². The van der Waals surface area contributed by atoms with Gasteiger partial charge in [-0.25, -0.2) is 0 Å². The molecule has 108 valence electrons. The summed E-state index contributed by atoms with van der Waals surface area (Å²) in [5, 5.41) is 0. The molecule has 2 heteroatoms. The number of esters is 1. The van der Waals surface area contributed by atoms with Crippen molar-refractivity contribution in [3.05, 3.63) is 0 Å². The van der Waals surface area contributed by atoms with E-state index in [2.05, 4.69) is 20.8 Å². The third-order valence-corrected chi connectivity index (χ3v) is 3.82. The van der Waals surface area contributed by atoms with E-state index in [1.807, 2.05) is 0 Å². The highest BCUT2D eigenvalue weighted by Crippen LogP contribution is 2.34. The Hall–Kier alpha value is -0.530. The van der Waals surface area contributed by atoms with E-state index in [9.17, 15) is 4.79 Å². The molecule has 0 fully saturated rings. The quantitative estimate of drug-likeness (QED) is 0.379. The second kappa shape index (κ2) is 10.4. The molecule has 0 saturated heterocycles. The molecule has 0 aromatic carbocycles. The van der Waals surface area contributed by atoms with Crippen LogP contribution in [0.2, 0.25) is 0 Å². The summed E-state index contributed by atoms with van der Waals surface area (Å²) in [5.41, 5.74) is 0.148. The van der Waals surface area contributed by atoms with Crippen LogP contribution in [0.3, 0.4) is 0 Å². The van der Waals surface area contributed by atoms with Gasteiger partial charge >= 0.3 is 5.97 Å². The molecule has 0 radical (unpaired) electrons. The monoisotopic (exact) mass is 256 g/mol. The third kappa shape index (κ3) is 8.54. The van der Waals surface area contributed by atoms with E-state index < -0.39 is 0 Å². The zero-order chi connectivity index (χ0) is 13.9. The van der Waals surface area contributed by atoms with Crippen molar-refractivity contribution in [3.63, 3.8) is 0 Å². The Kier molecular flexibility index (Phi) is 10.1. The molecule has 0 aromatic rings. The van der Waals surface area contributed by atoms with E-state index in [1.54, 1.807) is 0 Å². The number of rotatable bonds is 11. The molecule has 1 atom stereocenters. The van der Waals surface area contributed by atoms with Crippen LogP contribution in [0.4, 0.5) is 0 Å². The fourth-order valence-electron chi connectivity index (χ4n) is 2.48. The van der Waals surface area contributed by atoms with Crippen LogP contribution < -0.4 is 0 Å². The predicted octanol–water partition coefficient (Wildman–Crippen LogP) is 5.11. The van der Waals surface area contributed by atoms with E-state index in [0.717, 1.165) is 12.8 Å². The zero-order valence-electron chi connectivity index (χ0n) is 12.9. The van der Waals surface area contributed by atoms with Gasteiger partial charge in [-0.3, -0.25) is 4.79 Å². The van der Waals surface area contributed by atoms with Gasteiger partial charge in [0.2, 0.25) is 0 Å². The zero-order valence-corrected chi connectivity index (χ0v) is 12.9. The molecular formula is C16H32O2. The smallest absolute Gasteiger partial charge is 0.306 e. The molecule has 0 amide bonds. The van der Waals surface area contributed by atoms with Gasteiger partial charge in [0.1, 0.15) is 0 Å². The number of hydrogen-bond donors (Lipinski definition) is 0. The van der Waals surface area contributed by atoms with Gasteiger partial charge in [-0.05, 0) is 18.3 Å². The molecule has 0 spiro atoms. The SMILES string of the molecule is CCCCCCCC(C)(CCCC)CC(=O)OC. The molecule has 2 nitrogen and oxygen atoms in total. The predicted molar refractivity (Wildman–Crippen MR) is 77.6 cm³/mol. The van der Waals surface area contributed by atoms with Crippen LogP contribution in [0.15, 0.2) is 0 Å². The Balaban J connectivity index is 4.07. The van der Waals surface area contributed by atoms with Crippen LogP contribution >= 0.6 is 0 Å². The lowest BCUT2D eigenvalue weighted by molar-refractivity contribution is -0.143. The van der Waals surface area contributed by atoms with Gasteiger partial charge in [-0.15, -0.1) is 0 Å². The first-order valence-electron chi connectivity index (χ1n) is 7.64. The number of carbonyl (C=O) groups is 1. The van der Waals surface area contributed by atoms with Gasteiger partial charge in [-0.1, -0.05) is 65.7 Å². The minimum absolute atomic E-state index is 0.0536. The Morgan fingerprint density at radius 3 is 2.06 bits per heavy atom. The Labute approximate surface area is 113 Å². The van der Waals surface area contributed by atoms with Crippen molar-refractivity contribution in [3.8, 4) is 0 Å². The average molecular weight is 256 g/mol. The van der Waals surface area contributed by atoms with Crippen molar-refractivity contribution in [1.29, 1.82) is 0 Å². The maximum Gasteiger partial charge on any atom is 0.306 e. The molecule has 0 aliphatic carbocycles. The summed E-state index contributed by atoms with van der Waals surface area (Å²) in [4.78, 5) is 11.5. The molecule has 0 saturated carbocycles.